The van der Waals surface area contributed by atoms with Crippen LogP contribution in [-0.4, -0.2) is 30.2 Å². The molecule has 0 aromatic heterocycles. The average Bonchev–Trinajstić information content (AvgIpc) is 3.12. The van der Waals surface area contributed by atoms with E-state index in [2.05, 4.69) is 24.3 Å². The van der Waals surface area contributed by atoms with E-state index in [1.54, 1.807) is 0 Å². The van der Waals surface area contributed by atoms with E-state index in [0.29, 0.717) is 6.42 Å². The second-order valence-electron chi connectivity index (χ2n) is 8.65. The summed E-state index contributed by atoms with van der Waals surface area (Å²) in [6.45, 7) is 0.923. The maximum atomic E-state index is 12.6. The van der Waals surface area contributed by atoms with Gasteiger partial charge in [-0.3, -0.25) is 9.59 Å². The number of fused-ring (bicyclic) bond motifs is 3. The molecule has 1 aliphatic rings. The number of hydrogen-bond acceptors (Lipinski definition) is 4. The smallest absolute Gasteiger partial charge is 0.320 e. The minimum Gasteiger partial charge on any atom is -0.481 e. The molecule has 1 aliphatic carbocycles. The molecule has 3 N–H and O–H groups in total. The van der Waals surface area contributed by atoms with Crippen molar-refractivity contribution in [2.75, 3.05) is 13.2 Å². The lowest BCUT2D eigenvalue weighted by Crippen LogP contribution is -2.27. The number of carboxylic acid groups (broad SMARTS) is 1. The van der Waals surface area contributed by atoms with Gasteiger partial charge in [0.05, 0.1) is 0 Å². The third-order valence-corrected chi connectivity index (χ3v) is 6.38. The lowest BCUT2D eigenvalue weighted by atomic mass is 9.97. The van der Waals surface area contributed by atoms with Gasteiger partial charge in [-0.1, -0.05) is 93.5 Å². The van der Waals surface area contributed by atoms with Crippen LogP contribution in [0.2, 0.25) is 0 Å². The van der Waals surface area contributed by atoms with Crippen LogP contribution in [0.1, 0.15) is 74.8 Å². The Hall–Kier alpha value is -2.66. The third kappa shape index (κ3) is 6.19. The van der Waals surface area contributed by atoms with Crippen LogP contribution in [0.25, 0.3) is 11.1 Å². The number of carboxylic acids is 1. The number of ether oxygens (including phenoxy) is 1. The molecule has 1 unspecified atom stereocenters. The van der Waals surface area contributed by atoms with Gasteiger partial charge in [0.2, 0.25) is 0 Å². The van der Waals surface area contributed by atoms with Gasteiger partial charge in [-0.15, -0.1) is 0 Å². The molecular weight excluding hydrogens is 402 g/mol. The van der Waals surface area contributed by atoms with Crippen molar-refractivity contribution in [1.29, 1.82) is 0 Å². The first-order chi connectivity index (χ1) is 15.6. The van der Waals surface area contributed by atoms with E-state index in [-0.39, 0.29) is 12.5 Å². The molecule has 3 rings (SSSR count). The second-order valence-corrected chi connectivity index (χ2v) is 8.65. The van der Waals surface area contributed by atoms with Gasteiger partial charge in [-0.05, 0) is 41.6 Å². The van der Waals surface area contributed by atoms with Crippen LogP contribution in [0.4, 0.5) is 0 Å². The normalized spacial score (nSPS) is 13.4. The van der Waals surface area contributed by atoms with Crippen LogP contribution in [0, 0.1) is 5.92 Å². The summed E-state index contributed by atoms with van der Waals surface area (Å²) in [4.78, 5) is 24.3. The third-order valence-electron chi connectivity index (χ3n) is 6.38. The van der Waals surface area contributed by atoms with Crippen molar-refractivity contribution in [3.63, 3.8) is 0 Å². The van der Waals surface area contributed by atoms with Gasteiger partial charge < -0.3 is 15.6 Å². The number of benzene rings is 2. The first-order valence-corrected chi connectivity index (χ1v) is 11.9. The van der Waals surface area contributed by atoms with Crippen molar-refractivity contribution in [3.8, 4) is 11.1 Å². The van der Waals surface area contributed by atoms with E-state index >= 15 is 0 Å². The maximum Gasteiger partial charge on any atom is 0.320 e. The van der Waals surface area contributed by atoms with Gasteiger partial charge in [-0.25, -0.2) is 0 Å². The maximum absolute atomic E-state index is 12.6. The van der Waals surface area contributed by atoms with Crippen molar-refractivity contribution >= 4 is 11.9 Å². The summed E-state index contributed by atoms with van der Waals surface area (Å²) in [5.74, 6) is -2.86. The van der Waals surface area contributed by atoms with Crippen LogP contribution in [0.5, 0.6) is 0 Å². The van der Waals surface area contributed by atoms with Gasteiger partial charge >= 0.3 is 11.9 Å². The highest BCUT2D eigenvalue weighted by Crippen LogP contribution is 2.44. The molecule has 172 valence electrons. The zero-order chi connectivity index (χ0) is 22.8. The molecule has 2 aromatic carbocycles. The minimum absolute atomic E-state index is 0.0555. The molecule has 1 atom stereocenters. The number of carbonyl (C=O) groups is 2. The zero-order valence-corrected chi connectivity index (χ0v) is 18.8. The number of nitrogens with two attached hydrogens (primary N) is 1. The Morgan fingerprint density at radius 2 is 1.31 bits per heavy atom. The minimum atomic E-state index is -1.09. The molecule has 0 saturated carbocycles. The molecule has 0 amide bonds. The van der Waals surface area contributed by atoms with Crippen LogP contribution in [0.15, 0.2) is 48.5 Å². The lowest BCUT2D eigenvalue weighted by molar-refractivity contribution is -0.159. The molecule has 0 bridgehead atoms. The summed E-state index contributed by atoms with van der Waals surface area (Å²) < 4.78 is 5.57. The first-order valence-electron chi connectivity index (χ1n) is 11.9. The Kier molecular flexibility index (Phi) is 9.29. The molecule has 0 aliphatic heterocycles. The summed E-state index contributed by atoms with van der Waals surface area (Å²) in [6, 6.07) is 16.2. The Labute approximate surface area is 191 Å². The summed E-state index contributed by atoms with van der Waals surface area (Å²) in [5.41, 5.74) is 10.1. The van der Waals surface area contributed by atoms with E-state index in [1.165, 1.54) is 19.3 Å². The molecule has 2 aromatic rings. The van der Waals surface area contributed by atoms with Crippen LogP contribution >= 0.6 is 0 Å². The highest BCUT2D eigenvalue weighted by atomic mass is 16.5. The molecule has 5 nitrogen and oxygen atoms in total. The average molecular weight is 438 g/mol. The van der Waals surface area contributed by atoms with Gasteiger partial charge in [-0.2, -0.15) is 0 Å². The monoisotopic (exact) mass is 437 g/mol. The summed E-state index contributed by atoms with van der Waals surface area (Å²) in [6.07, 6.45) is 8.87. The summed E-state index contributed by atoms with van der Waals surface area (Å²) in [7, 11) is 0. The van der Waals surface area contributed by atoms with E-state index in [0.717, 1.165) is 60.9 Å². The van der Waals surface area contributed by atoms with Crippen molar-refractivity contribution < 1.29 is 19.4 Å². The van der Waals surface area contributed by atoms with Crippen molar-refractivity contribution in [2.24, 2.45) is 11.7 Å². The number of rotatable bonds is 14. The van der Waals surface area contributed by atoms with Crippen molar-refractivity contribution in [3.05, 3.63) is 59.7 Å². The first kappa shape index (κ1) is 24.0. The summed E-state index contributed by atoms with van der Waals surface area (Å²) in [5, 5.41) is 9.56. The molecule has 0 heterocycles. The number of aliphatic carboxylic acids is 1. The Morgan fingerprint density at radius 1 is 0.812 bits per heavy atom. The predicted molar refractivity (Wildman–Crippen MR) is 126 cm³/mol. The standard InChI is InChI=1S/C27H35NO4/c28-18-12-6-4-2-1-3-5-7-17-24(26(29)30)27(31)32-19-25-22-15-10-8-13-20(22)21-14-9-11-16-23(21)25/h8-11,13-16,24-25H,1-7,12,17-19,28H2,(H,29,30). The largest absolute Gasteiger partial charge is 0.481 e. The number of unbranched alkanes of at least 4 members (excludes halogenated alkanes) is 7. The topological polar surface area (TPSA) is 89.6 Å². The van der Waals surface area contributed by atoms with Crippen LogP contribution < -0.4 is 5.73 Å². The lowest BCUT2D eigenvalue weighted by Gasteiger charge is -2.17. The van der Waals surface area contributed by atoms with Crippen molar-refractivity contribution in [2.45, 2.75) is 63.7 Å². The molecule has 0 saturated heterocycles. The van der Waals surface area contributed by atoms with Gasteiger partial charge in [0.1, 0.15) is 6.61 Å². The molecule has 5 heteroatoms. The van der Waals surface area contributed by atoms with Gasteiger partial charge in [0.25, 0.3) is 0 Å². The van der Waals surface area contributed by atoms with E-state index in [9.17, 15) is 14.7 Å². The summed E-state index contributed by atoms with van der Waals surface area (Å²) >= 11 is 0. The SMILES string of the molecule is NCCCCCCCCCCC(C(=O)O)C(=O)OCC1c2ccccc2-c2ccccc21. The zero-order valence-electron chi connectivity index (χ0n) is 18.8. The Balaban J connectivity index is 1.47. The fraction of sp³-hybridized carbons (Fsp3) is 0.481. The van der Waals surface area contributed by atoms with E-state index < -0.39 is 17.9 Å². The second kappa shape index (κ2) is 12.4. The Bertz CT molecular complexity index is 849. The fourth-order valence-electron chi connectivity index (χ4n) is 4.60. The highest BCUT2D eigenvalue weighted by Gasteiger charge is 2.32. The van der Waals surface area contributed by atoms with Crippen molar-refractivity contribution in [1.82, 2.24) is 0 Å². The van der Waals surface area contributed by atoms with Crippen LogP contribution in [0.3, 0.4) is 0 Å². The molecule has 0 spiro atoms. The van der Waals surface area contributed by atoms with Crippen LogP contribution in [-0.2, 0) is 14.3 Å². The fourth-order valence-corrected chi connectivity index (χ4v) is 4.60. The van der Waals surface area contributed by atoms with E-state index in [1.807, 2.05) is 24.3 Å². The molecular formula is C27H35NO4. The van der Waals surface area contributed by atoms with Gasteiger partial charge in [0.15, 0.2) is 5.92 Å². The molecule has 0 fully saturated rings. The predicted octanol–water partition coefficient (Wildman–Crippen LogP) is 5.51. The number of hydrogen-bond donors (Lipinski definition) is 2. The Morgan fingerprint density at radius 3 is 1.84 bits per heavy atom. The number of carbonyl (C=O) groups excluding carboxylic acids is 1. The van der Waals surface area contributed by atoms with Gasteiger partial charge in [0, 0.05) is 5.92 Å². The highest BCUT2D eigenvalue weighted by molar-refractivity contribution is 5.94. The molecule has 0 radical (unpaired) electrons. The quantitative estimate of drug-likeness (QED) is 0.231. The molecule has 32 heavy (non-hydrogen) atoms. The van der Waals surface area contributed by atoms with E-state index in [4.69, 9.17) is 10.5 Å². The number of esters is 1.